The normalized spacial score (nSPS) is 11.2. The molecule has 1 aromatic carbocycles. The summed E-state index contributed by atoms with van der Waals surface area (Å²) in [4.78, 5) is 30.0. The summed E-state index contributed by atoms with van der Waals surface area (Å²) < 4.78 is 0. The molecule has 2 aromatic rings. The van der Waals surface area contributed by atoms with E-state index in [1.807, 2.05) is 30.5 Å². The third kappa shape index (κ3) is 3.28. The van der Waals surface area contributed by atoms with E-state index >= 15 is 0 Å². The number of hydrogen-bond donors (Lipinski definition) is 3. The Labute approximate surface area is 102 Å². The third-order valence-corrected chi connectivity index (χ3v) is 2.43. The minimum Gasteiger partial charge on any atom is -0.480 e. The molecule has 1 atom stereocenters. The van der Waals surface area contributed by atoms with Gasteiger partial charge in [-0.25, -0.2) is 0 Å². The smallest absolute Gasteiger partial charge is 0.373 e. The van der Waals surface area contributed by atoms with E-state index in [9.17, 15) is 4.79 Å². The Morgan fingerprint density at radius 1 is 1.39 bits per heavy atom. The fourth-order valence-corrected chi connectivity index (χ4v) is 1.62. The third-order valence-electron chi connectivity index (χ3n) is 2.43. The highest BCUT2D eigenvalue weighted by molar-refractivity contribution is 5.84. The van der Waals surface area contributed by atoms with Gasteiger partial charge in [0.2, 0.25) is 0 Å². The molecule has 0 aliphatic carbocycles. The molecule has 94 valence electrons. The zero-order chi connectivity index (χ0) is 13.5. The molecule has 0 aliphatic heterocycles. The van der Waals surface area contributed by atoms with Crippen LogP contribution in [-0.4, -0.2) is 28.3 Å². The van der Waals surface area contributed by atoms with Crippen LogP contribution >= 0.6 is 0 Å². The van der Waals surface area contributed by atoms with Crippen molar-refractivity contribution in [2.24, 2.45) is 5.73 Å². The van der Waals surface area contributed by atoms with Crippen LogP contribution in [0.2, 0.25) is 0 Å². The predicted molar refractivity (Wildman–Crippen MR) is 62.6 cm³/mol. The number of fused-ring (bicyclic) bond motifs is 1. The molecule has 18 heavy (non-hydrogen) atoms. The molecule has 1 aromatic heterocycles. The molecule has 0 bridgehead atoms. The molecule has 1 heterocycles. The summed E-state index contributed by atoms with van der Waals surface area (Å²) in [6.45, 7) is 0. The molecule has 2 rings (SSSR count). The van der Waals surface area contributed by atoms with E-state index in [1.165, 1.54) is 0 Å². The Balaban J connectivity index is 0.000000492. The molecule has 0 aliphatic rings. The molecular formula is C12H12N2O4. The van der Waals surface area contributed by atoms with Crippen LogP contribution in [0.1, 0.15) is 5.56 Å². The molecule has 0 saturated carbocycles. The van der Waals surface area contributed by atoms with Gasteiger partial charge in [-0.1, -0.05) is 18.2 Å². The fourth-order valence-electron chi connectivity index (χ4n) is 1.62. The van der Waals surface area contributed by atoms with Crippen LogP contribution in [0.3, 0.4) is 0 Å². The summed E-state index contributed by atoms with van der Waals surface area (Å²) in [6.07, 6.45) is 2.41. The van der Waals surface area contributed by atoms with Gasteiger partial charge in [-0.2, -0.15) is 9.59 Å². The summed E-state index contributed by atoms with van der Waals surface area (Å²) in [7, 11) is 0. The SMILES string of the molecule is N[C@@H](Cc1c[nH]c2ccccc12)C(=O)O.O=C=O. The van der Waals surface area contributed by atoms with Crippen molar-refractivity contribution in [3.8, 4) is 0 Å². The first-order chi connectivity index (χ1) is 8.60. The fraction of sp³-hybridized carbons (Fsp3) is 0.167. The van der Waals surface area contributed by atoms with E-state index in [0.29, 0.717) is 6.42 Å². The van der Waals surface area contributed by atoms with Crippen molar-refractivity contribution in [2.45, 2.75) is 12.5 Å². The van der Waals surface area contributed by atoms with Crippen molar-refractivity contribution in [3.05, 3.63) is 36.0 Å². The van der Waals surface area contributed by atoms with Gasteiger partial charge in [0.15, 0.2) is 0 Å². The van der Waals surface area contributed by atoms with Gasteiger partial charge in [0.1, 0.15) is 6.04 Å². The second-order valence-electron chi connectivity index (χ2n) is 3.59. The molecule has 0 spiro atoms. The van der Waals surface area contributed by atoms with E-state index in [4.69, 9.17) is 20.4 Å². The van der Waals surface area contributed by atoms with Gasteiger partial charge in [0, 0.05) is 23.5 Å². The number of carboxylic acids is 1. The number of rotatable bonds is 3. The first-order valence-electron chi connectivity index (χ1n) is 5.12. The van der Waals surface area contributed by atoms with Crippen LogP contribution in [-0.2, 0) is 20.8 Å². The van der Waals surface area contributed by atoms with Crippen molar-refractivity contribution >= 4 is 23.0 Å². The predicted octanol–water partition coefficient (Wildman–Crippen LogP) is 0.539. The van der Waals surface area contributed by atoms with Crippen LogP contribution in [0.15, 0.2) is 30.5 Å². The number of aromatic amines is 1. The largest absolute Gasteiger partial charge is 0.480 e. The quantitative estimate of drug-likeness (QED) is 0.733. The average molecular weight is 248 g/mol. The van der Waals surface area contributed by atoms with Gasteiger partial charge >= 0.3 is 12.1 Å². The topological polar surface area (TPSA) is 113 Å². The van der Waals surface area contributed by atoms with Crippen LogP contribution in [0.5, 0.6) is 0 Å². The number of aliphatic carboxylic acids is 1. The molecule has 0 unspecified atom stereocenters. The number of carboxylic acid groups (broad SMARTS) is 1. The molecular weight excluding hydrogens is 236 g/mol. The maximum absolute atomic E-state index is 10.6. The van der Waals surface area contributed by atoms with Crippen LogP contribution in [0.25, 0.3) is 10.9 Å². The van der Waals surface area contributed by atoms with Gasteiger partial charge in [-0.3, -0.25) is 4.79 Å². The number of aromatic nitrogens is 1. The number of carbonyl (C=O) groups is 1. The zero-order valence-corrected chi connectivity index (χ0v) is 9.42. The van der Waals surface area contributed by atoms with E-state index in [0.717, 1.165) is 16.5 Å². The average Bonchev–Trinajstić information content (AvgIpc) is 2.74. The molecule has 4 N–H and O–H groups in total. The van der Waals surface area contributed by atoms with Gasteiger partial charge < -0.3 is 15.8 Å². The Bertz CT molecular complexity index is 570. The van der Waals surface area contributed by atoms with Crippen LogP contribution in [0.4, 0.5) is 0 Å². The van der Waals surface area contributed by atoms with Crippen molar-refractivity contribution in [1.29, 1.82) is 0 Å². The maximum Gasteiger partial charge on any atom is 0.373 e. The first kappa shape index (κ1) is 13.6. The summed E-state index contributed by atoms with van der Waals surface area (Å²) in [5.41, 5.74) is 7.43. The standard InChI is InChI=1S/C11H12N2O2.CO2/c12-9(11(14)15)5-7-6-13-10-4-2-1-3-8(7)10;2-1-3/h1-4,6,9,13H,5,12H2,(H,14,15);/t9-;/m0./s1. The van der Waals surface area contributed by atoms with Crippen LogP contribution in [0, 0.1) is 0 Å². The highest BCUT2D eigenvalue weighted by Crippen LogP contribution is 2.18. The highest BCUT2D eigenvalue weighted by Gasteiger charge is 2.14. The highest BCUT2D eigenvalue weighted by atomic mass is 16.4. The molecule has 0 amide bonds. The van der Waals surface area contributed by atoms with Gasteiger partial charge in [-0.05, 0) is 11.6 Å². The molecule has 0 fully saturated rings. The van der Waals surface area contributed by atoms with Crippen molar-refractivity contribution in [2.75, 3.05) is 0 Å². The lowest BCUT2D eigenvalue weighted by Gasteiger charge is -2.04. The number of H-pyrrole nitrogens is 1. The zero-order valence-electron chi connectivity index (χ0n) is 9.42. The van der Waals surface area contributed by atoms with Crippen LogP contribution < -0.4 is 5.73 Å². The second-order valence-corrected chi connectivity index (χ2v) is 3.59. The van der Waals surface area contributed by atoms with Crippen molar-refractivity contribution in [3.63, 3.8) is 0 Å². The second kappa shape index (κ2) is 6.34. The van der Waals surface area contributed by atoms with Crippen molar-refractivity contribution < 1.29 is 19.5 Å². The minimum atomic E-state index is -0.972. The number of nitrogens with two attached hydrogens (primary N) is 1. The Kier molecular flexibility index (Phi) is 4.80. The van der Waals surface area contributed by atoms with E-state index in [-0.39, 0.29) is 6.15 Å². The number of carbonyl (C=O) groups excluding carboxylic acids is 2. The lowest BCUT2D eigenvalue weighted by molar-refractivity contribution is -0.191. The molecule has 0 saturated heterocycles. The monoisotopic (exact) mass is 248 g/mol. The van der Waals surface area contributed by atoms with E-state index < -0.39 is 12.0 Å². The van der Waals surface area contributed by atoms with E-state index in [2.05, 4.69) is 4.98 Å². The van der Waals surface area contributed by atoms with E-state index in [1.54, 1.807) is 0 Å². The van der Waals surface area contributed by atoms with Crippen molar-refractivity contribution in [1.82, 2.24) is 4.98 Å². The number of benzene rings is 1. The lowest BCUT2D eigenvalue weighted by atomic mass is 10.1. The number of nitrogens with one attached hydrogen (secondary N) is 1. The number of para-hydroxylation sites is 1. The molecule has 0 radical (unpaired) electrons. The summed E-state index contributed by atoms with van der Waals surface area (Å²) >= 11 is 0. The molecule has 6 heteroatoms. The lowest BCUT2D eigenvalue weighted by Crippen LogP contribution is -2.32. The Hall–Kier alpha value is -2.43. The minimum absolute atomic E-state index is 0.250. The summed E-state index contributed by atoms with van der Waals surface area (Å²) in [5, 5.41) is 9.75. The first-order valence-corrected chi connectivity index (χ1v) is 5.12. The van der Waals surface area contributed by atoms with Gasteiger partial charge in [-0.15, -0.1) is 0 Å². The van der Waals surface area contributed by atoms with Gasteiger partial charge in [0.25, 0.3) is 0 Å². The molecule has 6 nitrogen and oxygen atoms in total. The summed E-state index contributed by atoms with van der Waals surface area (Å²) in [6, 6.07) is 6.91. The number of hydrogen-bond acceptors (Lipinski definition) is 4. The summed E-state index contributed by atoms with van der Waals surface area (Å²) in [5.74, 6) is -0.972. The van der Waals surface area contributed by atoms with Gasteiger partial charge in [0.05, 0.1) is 0 Å². The Morgan fingerprint density at radius 2 is 2.00 bits per heavy atom. The maximum atomic E-state index is 10.6. The Morgan fingerprint density at radius 3 is 2.61 bits per heavy atom.